The van der Waals surface area contributed by atoms with Crippen LogP contribution in [0.15, 0.2) is 59.2 Å². The molecule has 0 amide bonds. The van der Waals surface area contributed by atoms with Crippen LogP contribution in [0.3, 0.4) is 0 Å². The summed E-state index contributed by atoms with van der Waals surface area (Å²) in [5, 5.41) is 3.21. The third-order valence-electron chi connectivity index (χ3n) is 3.51. The topological polar surface area (TPSA) is 124 Å². The molecule has 0 saturated carbocycles. The molecule has 0 radical (unpaired) electrons. The van der Waals surface area contributed by atoms with Gasteiger partial charge in [0, 0.05) is 35.8 Å². The number of benzene rings is 1. The van der Waals surface area contributed by atoms with Crippen LogP contribution in [0, 0.1) is 0 Å². The zero-order chi connectivity index (χ0) is 19.9. The maximum atomic E-state index is 10.7. The van der Waals surface area contributed by atoms with Gasteiger partial charge in [0.1, 0.15) is 0 Å². The van der Waals surface area contributed by atoms with Crippen molar-refractivity contribution >= 4 is 34.0 Å². The van der Waals surface area contributed by atoms with Crippen LogP contribution in [0.5, 0.6) is 0 Å². The van der Waals surface area contributed by atoms with Crippen molar-refractivity contribution in [1.82, 2.24) is 15.0 Å². The number of rotatable bonds is 7. The molecule has 3 aromatic rings. The molecule has 2 heterocycles. The summed E-state index contributed by atoms with van der Waals surface area (Å²) in [6, 6.07) is 12.5. The van der Waals surface area contributed by atoms with Gasteiger partial charge in [-0.15, -0.1) is 0 Å². The first-order valence-corrected chi connectivity index (χ1v) is 9.57. The quantitative estimate of drug-likeness (QED) is 0.267. The van der Waals surface area contributed by atoms with Crippen molar-refractivity contribution < 1.29 is 8.76 Å². The fourth-order valence-electron chi connectivity index (χ4n) is 2.34. The van der Waals surface area contributed by atoms with E-state index in [2.05, 4.69) is 35.5 Å². The van der Waals surface area contributed by atoms with Crippen molar-refractivity contribution in [3.05, 3.63) is 54.9 Å². The summed E-state index contributed by atoms with van der Waals surface area (Å²) < 4.78 is 23.1. The monoisotopic (exact) mass is 398 g/mol. The lowest BCUT2D eigenvalue weighted by Crippen LogP contribution is -2.15. The average molecular weight is 398 g/mol. The molecule has 1 aromatic carbocycles. The van der Waals surface area contributed by atoms with E-state index in [9.17, 15) is 4.21 Å². The molecular weight excluding hydrogens is 378 g/mol. The molecule has 2 aromatic heterocycles. The molecular formula is C18H20N7O2S-. The first-order valence-electron chi connectivity index (χ1n) is 8.50. The van der Waals surface area contributed by atoms with Crippen LogP contribution in [0.1, 0.15) is 13.8 Å². The average Bonchev–Trinajstić information content (AvgIpc) is 2.67. The summed E-state index contributed by atoms with van der Waals surface area (Å²) in [4.78, 5) is 13.1. The van der Waals surface area contributed by atoms with Crippen LogP contribution in [-0.4, -0.2) is 25.5 Å². The second-order valence-corrected chi connectivity index (χ2v) is 6.76. The lowest BCUT2D eigenvalue weighted by atomic mass is 10.2. The van der Waals surface area contributed by atoms with Crippen LogP contribution in [0.25, 0.3) is 11.3 Å². The van der Waals surface area contributed by atoms with Gasteiger partial charge in [-0.2, -0.15) is 4.98 Å². The van der Waals surface area contributed by atoms with Gasteiger partial charge < -0.3 is 18.4 Å². The Morgan fingerprint density at radius 2 is 1.75 bits per heavy atom. The molecule has 10 heteroatoms. The van der Waals surface area contributed by atoms with Gasteiger partial charge in [-0.3, -0.25) is 15.8 Å². The zero-order valence-corrected chi connectivity index (χ0v) is 16.1. The van der Waals surface area contributed by atoms with E-state index in [-0.39, 0.29) is 6.04 Å². The minimum absolute atomic E-state index is 0.182. The summed E-state index contributed by atoms with van der Waals surface area (Å²) in [7, 11) is -2.22. The SMILES string of the molecule is CC(C)Nc1nc(NNc2ccc(N=[S-](=O)O)cc2)cc(-c2ccncc2)n1. The van der Waals surface area contributed by atoms with Crippen molar-refractivity contribution in [3.63, 3.8) is 0 Å². The number of hydrogen-bond donors (Lipinski definition) is 4. The molecule has 0 spiro atoms. The van der Waals surface area contributed by atoms with Crippen LogP contribution < -0.4 is 16.2 Å². The van der Waals surface area contributed by atoms with Crippen LogP contribution in [-0.2, 0) is 15.1 Å². The minimum atomic E-state index is -2.22. The molecule has 0 aliphatic rings. The Bertz CT molecular complexity index is 1000. The second-order valence-electron chi connectivity index (χ2n) is 6.12. The maximum absolute atomic E-state index is 10.7. The molecule has 0 saturated heterocycles. The van der Waals surface area contributed by atoms with Crippen LogP contribution in [0.4, 0.5) is 23.1 Å². The standard InChI is InChI=1S/C18H20N7O2S/c1-12(2)20-18-21-16(13-7-9-19-10-8-13)11-17(22-18)24-23-14-3-5-15(6-4-14)25-28(26)27/h3-12,23H,1-2H3,(H,25,26,27)(H2,20,21,22,24)/q-1. The Morgan fingerprint density at radius 3 is 2.39 bits per heavy atom. The predicted molar refractivity (Wildman–Crippen MR) is 110 cm³/mol. The Hall–Kier alpha value is -3.24. The molecule has 146 valence electrons. The molecule has 0 aliphatic carbocycles. The molecule has 28 heavy (non-hydrogen) atoms. The Balaban J connectivity index is 1.80. The largest absolute Gasteiger partial charge is 0.454 e. The van der Waals surface area contributed by atoms with Crippen molar-refractivity contribution in [2.24, 2.45) is 4.36 Å². The Morgan fingerprint density at radius 1 is 1.04 bits per heavy atom. The fourth-order valence-corrected chi connectivity index (χ4v) is 2.64. The lowest BCUT2D eigenvalue weighted by molar-refractivity contribution is 0.529. The van der Waals surface area contributed by atoms with E-state index in [4.69, 9.17) is 4.55 Å². The fraction of sp³-hybridized carbons (Fsp3) is 0.167. The molecule has 9 nitrogen and oxygen atoms in total. The number of nitrogens with one attached hydrogen (secondary N) is 3. The summed E-state index contributed by atoms with van der Waals surface area (Å²) in [6.07, 6.45) is 3.43. The normalized spacial score (nSPS) is 12.0. The van der Waals surface area contributed by atoms with E-state index in [1.165, 1.54) is 0 Å². The van der Waals surface area contributed by atoms with Gasteiger partial charge in [-0.1, -0.05) is 10.9 Å². The van der Waals surface area contributed by atoms with Crippen molar-refractivity contribution in [3.8, 4) is 11.3 Å². The van der Waals surface area contributed by atoms with Crippen molar-refractivity contribution in [2.75, 3.05) is 16.2 Å². The third kappa shape index (κ3) is 5.63. The van der Waals surface area contributed by atoms with Crippen molar-refractivity contribution in [2.45, 2.75) is 19.9 Å². The maximum Gasteiger partial charge on any atom is 0.225 e. The summed E-state index contributed by atoms with van der Waals surface area (Å²) in [5.41, 5.74) is 8.92. The van der Waals surface area contributed by atoms with Crippen molar-refractivity contribution in [1.29, 1.82) is 0 Å². The number of nitrogens with zero attached hydrogens (tertiary/aromatic N) is 4. The molecule has 0 unspecified atom stereocenters. The van der Waals surface area contributed by atoms with E-state index in [1.807, 2.05) is 32.0 Å². The number of aromatic nitrogens is 3. The Kier molecular flexibility index (Phi) is 6.35. The summed E-state index contributed by atoms with van der Waals surface area (Å²) in [6.45, 7) is 4.03. The highest BCUT2D eigenvalue weighted by molar-refractivity contribution is 7.68. The van der Waals surface area contributed by atoms with Crippen LogP contribution >= 0.6 is 0 Å². The molecule has 3 rings (SSSR count). The highest BCUT2D eigenvalue weighted by Crippen LogP contribution is 2.22. The van der Waals surface area contributed by atoms with Gasteiger partial charge in [0.05, 0.1) is 11.4 Å². The first kappa shape index (κ1) is 19.5. The second kappa shape index (κ2) is 9.11. The molecule has 4 N–H and O–H groups in total. The molecule has 0 atom stereocenters. The predicted octanol–water partition coefficient (Wildman–Crippen LogP) is 4.05. The van der Waals surface area contributed by atoms with Gasteiger partial charge >= 0.3 is 0 Å². The summed E-state index contributed by atoms with van der Waals surface area (Å²) >= 11 is 0. The van der Waals surface area contributed by atoms with Gasteiger partial charge in [-0.25, -0.2) is 4.98 Å². The number of hydrogen-bond acceptors (Lipinski definition) is 9. The van der Waals surface area contributed by atoms with E-state index >= 15 is 0 Å². The summed E-state index contributed by atoms with van der Waals surface area (Å²) in [5.74, 6) is 1.09. The lowest BCUT2D eigenvalue weighted by Gasteiger charge is -2.14. The first-order chi connectivity index (χ1) is 13.5. The van der Waals surface area contributed by atoms with E-state index in [1.54, 1.807) is 36.7 Å². The highest BCUT2D eigenvalue weighted by Gasteiger charge is 2.08. The van der Waals surface area contributed by atoms with Gasteiger partial charge in [0.15, 0.2) is 5.82 Å². The number of anilines is 3. The van der Waals surface area contributed by atoms with E-state index < -0.39 is 10.9 Å². The molecule has 0 bridgehead atoms. The van der Waals surface area contributed by atoms with Gasteiger partial charge in [-0.05, 0) is 50.2 Å². The van der Waals surface area contributed by atoms with E-state index in [0.717, 1.165) is 16.9 Å². The van der Waals surface area contributed by atoms with E-state index in [0.29, 0.717) is 17.5 Å². The number of hydrazine groups is 1. The molecule has 0 aliphatic heterocycles. The third-order valence-corrected chi connectivity index (χ3v) is 3.87. The minimum Gasteiger partial charge on any atom is -0.454 e. The van der Waals surface area contributed by atoms with Gasteiger partial charge in [0.2, 0.25) is 5.95 Å². The van der Waals surface area contributed by atoms with Crippen LogP contribution in [0.2, 0.25) is 0 Å². The molecule has 0 fully saturated rings. The van der Waals surface area contributed by atoms with Gasteiger partial charge in [0.25, 0.3) is 0 Å². The smallest absolute Gasteiger partial charge is 0.225 e. The highest BCUT2D eigenvalue weighted by atomic mass is 32.2. The Labute approximate surface area is 164 Å². The zero-order valence-electron chi connectivity index (χ0n) is 15.3. The number of pyridine rings is 1.